The van der Waals surface area contributed by atoms with Crippen molar-refractivity contribution in [3.05, 3.63) is 74.3 Å². The molecule has 3 aromatic rings. The lowest BCUT2D eigenvalue weighted by Crippen LogP contribution is -2.43. The standard InChI is InChI=1S/C21H19ClN4O3S/c1-21(11-23-19(28)17-8-9-18(22)30-17)12-25(13-24-21)14-4-6-15(7-5-14)26-10-2-3-16(27)20(26)29/h2-10,13,27H,11-12H2,1H3,(H,23,28). The fraction of sp³-hybridized carbons (Fsp3) is 0.190. The van der Waals surface area contributed by atoms with Gasteiger partial charge in [0.25, 0.3) is 11.5 Å². The molecule has 7 nitrogen and oxygen atoms in total. The number of pyridine rings is 1. The zero-order valence-electron chi connectivity index (χ0n) is 16.1. The first-order chi connectivity index (χ1) is 14.3. The SMILES string of the molecule is CC1(CNC(=O)c2ccc(Cl)s2)CN(c2ccc(-n3cccc(O)c3=O)cc2)C=N1. The minimum absolute atomic E-state index is 0.164. The summed E-state index contributed by atoms with van der Waals surface area (Å²) in [6, 6.07) is 13.8. The lowest BCUT2D eigenvalue weighted by Gasteiger charge is -2.24. The van der Waals surface area contributed by atoms with Crippen molar-refractivity contribution in [3.63, 3.8) is 0 Å². The van der Waals surface area contributed by atoms with Crippen molar-refractivity contribution >= 4 is 40.9 Å². The van der Waals surface area contributed by atoms with Crippen molar-refractivity contribution in [3.8, 4) is 11.4 Å². The van der Waals surface area contributed by atoms with Crippen molar-refractivity contribution in [2.24, 2.45) is 4.99 Å². The van der Waals surface area contributed by atoms with Gasteiger partial charge in [-0.1, -0.05) is 11.6 Å². The molecule has 0 saturated carbocycles. The maximum absolute atomic E-state index is 12.3. The molecule has 0 radical (unpaired) electrons. The third kappa shape index (κ3) is 4.10. The monoisotopic (exact) mass is 442 g/mol. The number of amides is 1. The molecular formula is C21H19ClN4O3S. The minimum Gasteiger partial charge on any atom is -0.503 e. The minimum atomic E-state index is -0.469. The maximum Gasteiger partial charge on any atom is 0.297 e. The third-order valence-corrected chi connectivity index (χ3v) is 6.06. The molecule has 3 heterocycles. The van der Waals surface area contributed by atoms with Gasteiger partial charge in [-0.05, 0) is 55.5 Å². The van der Waals surface area contributed by atoms with E-state index < -0.39 is 11.1 Å². The molecule has 1 unspecified atom stereocenters. The summed E-state index contributed by atoms with van der Waals surface area (Å²) < 4.78 is 1.96. The van der Waals surface area contributed by atoms with Gasteiger partial charge in [0.15, 0.2) is 5.75 Å². The average molecular weight is 443 g/mol. The molecular weight excluding hydrogens is 424 g/mol. The van der Waals surface area contributed by atoms with Gasteiger partial charge >= 0.3 is 0 Å². The number of aliphatic imine (C=N–C) groups is 1. The molecule has 0 aliphatic carbocycles. The Kier molecular flexibility index (Phi) is 5.36. The lowest BCUT2D eigenvalue weighted by atomic mass is 10.0. The zero-order chi connectivity index (χ0) is 21.3. The zero-order valence-corrected chi connectivity index (χ0v) is 17.7. The van der Waals surface area contributed by atoms with Crippen LogP contribution >= 0.6 is 22.9 Å². The molecule has 2 N–H and O–H groups in total. The van der Waals surface area contributed by atoms with Gasteiger partial charge in [0.1, 0.15) is 0 Å². The van der Waals surface area contributed by atoms with Crippen LogP contribution in [0, 0.1) is 0 Å². The summed E-state index contributed by atoms with van der Waals surface area (Å²) in [4.78, 5) is 31.5. The molecule has 30 heavy (non-hydrogen) atoms. The third-order valence-electron chi connectivity index (χ3n) is 4.83. The molecule has 0 saturated heterocycles. The van der Waals surface area contributed by atoms with Crippen molar-refractivity contribution in [2.45, 2.75) is 12.5 Å². The van der Waals surface area contributed by atoms with Crippen LogP contribution < -0.4 is 15.8 Å². The second-order valence-electron chi connectivity index (χ2n) is 7.24. The smallest absolute Gasteiger partial charge is 0.297 e. The molecule has 0 fully saturated rings. The highest BCUT2D eigenvalue weighted by Crippen LogP contribution is 2.25. The van der Waals surface area contributed by atoms with Crippen molar-refractivity contribution in [2.75, 3.05) is 18.0 Å². The first-order valence-electron chi connectivity index (χ1n) is 9.21. The van der Waals surface area contributed by atoms with Crippen molar-refractivity contribution in [1.82, 2.24) is 9.88 Å². The number of halogens is 1. The van der Waals surface area contributed by atoms with Gasteiger partial charge < -0.3 is 15.3 Å². The summed E-state index contributed by atoms with van der Waals surface area (Å²) >= 11 is 7.13. The van der Waals surface area contributed by atoms with E-state index in [1.807, 2.05) is 36.1 Å². The summed E-state index contributed by atoms with van der Waals surface area (Å²) in [7, 11) is 0. The van der Waals surface area contributed by atoms with Crippen LogP contribution in [0.4, 0.5) is 5.69 Å². The second-order valence-corrected chi connectivity index (χ2v) is 8.96. The number of aromatic hydroxyl groups is 1. The molecule has 0 spiro atoms. The first-order valence-corrected chi connectivity index (χ1v) is 10.4. The molecule has 4 rings (SSSR count). The summed E-state index contributed by atoms with van der Waals surface area (Å²) in [6.07, 6.45) is 3.36. The van der Waals surface area contributed by atoms with E-state index in [2.05, 4.69) is 10.3 Å². The lowest BCUT2D eigenvalue weighted by molar-refractivity contribution is 0.0950. The van der Waals surface area contributed by atoms with E-state index in [-0.39, 0.29) is 11.7 Å². The molecule has 9 heteroatoms. The number of hydrogen-bond acceptors (Lipinski definition) is 6. The second kappa shape index (κ2) is 7.97. The number of nitrogens with zero attached hydrogens (tertiary/aromatic N) is 3. The number of benzene rings is 1. The van der Waals surface area contributed by atoms with E-state index in [1.54, 1.807) is 30.7 Å². The summed E-state index contributed by atoms with van der Waals surface area (Å²) in [6.45, 7) is 2.97. The normalized spacial score (nSPS) is 18.0. The van der Waals surface area contributed by atoms with E-state index in [0.717, 1.165) is 5.69 Å². The molecule has 154 valence electrons. The number of anilines is 1. The number of thiophene rings is 1. The van der Waals surface area contributed by atoms with Crippen molar-refractivity contribution < 1.29 is 9.90 Å². The predicted molar refractivity (Wildman–Crippen MR) is 120 cm³/mol. The Balaban J connectivity index is 1.41. The Morgan fingerprint density at radius 3 is 2.67 bits per heavy atom. The van der Waals surface area contributed by atoms with Crippen LogP contribution in [0.3, 0.4) is 0 Å². The number of carbonyl (C=O) groups is 1. The molecule has 1 aromatic carbocycles. The van der Waals surface area contributed by atoms with Gasteiger partial charge in [-0.2, -0.15) is 0 Å². The first kappa shape index (κ1) is 20.2. The molecule has 0 bridgehead atoms. The van der Waals surface area contributed by atoms with Crippen LogP contribution in [0.15, 0.2) is 64.5 Å². The molecule has 1 aliphatic heterocycles. The Morgan fingerprint density at radius 1 is 1.23 bits per heavy atom. The quantitative estimate of drug-likeness (QED) is 0.634. The summed E-state index contributed by atoms with van der Waals surface area (Å²) in [5.74, 6) is -0.460. The molecule has 2 aromatic heterocycles. The highest BCUT2D eigenvalue weighted by Gasteiger charge is 2.31. The van der Waals surface area contributed by atoms with E-state index >= 15 is 0 Å². The Labute approximate surface area is 181 Å². The van der Waals surface area contributed by atoms with Gasteiger partial charge in [0.05, 0.1) is 27.6 Å². The van der Waals surface area contributed by atoms with Crippen LogP contribution in [0.25, 0.3) is 5.69 Å². The highest BCUT2D eigenvalue weighted by atomic mass is 35.5. The number of nitrogens with one attached hydrogen (secondary N) is 1. The van der Waals surface area contributed by atoms with Gasteiger partial charge in [-0.15, -0.1) is 11.3 Å². The Bertz CT molecular complexity index is 1170. The van der Waals surface area contributed by atoms with E-state index in [9.17, 15) is 14.7 Å². The van der Waals surface area contributed by atoms with Gasteiger partial charge in [-0.3, -0.25) is 19.1 Å². The summed E-state index contributed by atoms with van der Waals surface area (Å²) in [5, 5.41) is 12.5. The number of hydrogen-bond donors (Lipinski definition) is 2. The topological polar surface area (TPSA) is 86.9 Å². The fourth-order valence-electron chi connectivity index (χ4n) is 3.20. The average Bonchev–Trinajstić information content (AvgIpc) is 3.35. The van der Waals surface area contributed by atoms with Gasteiger partial charge in [-0.25, -0.2) is 0 Å². The number of carbonyl (C=O) groups excluding carboxylic acids is 1. The number of rotatable bonds is 5. The highest BCUT2D eigenvalue weighted by molar-refractivity contribution is 7.18. The van der Waals surface area contributed by atoms with Crippen LogP contribution in [0.2, 0.25) is 4.34 Å². The predicted octanol–water partition coefficient (Wildman–Crippen LogP) is 3.30. The Morgan fingerprint density at radius 2 is 1.97 bits per heavy atom. The molecule has 1 atom stereocenters. The van der Waals surface area contributed by atoms with Crippen LogP contribution in [0.1, 0.15) is 16.6 Å². The summed E-state index contributed by atoms with van der Waals surface area (Å²) in [5.41, 5.74) is 0.636. The van der Waals surface area contributed by atoms with Crippen LogP contribution in [-0.2, 0) is 0 Å². The van der Waals surface area contributed by atoms with Crippen LogP contribution in [0.5, 0.6) is 5.75 Å². The number of aromatic nitrogens is 1. The Hall–Kier alpha value is -3.10. The van der Waals surface area contributed by atoms with E-state index in [1.165, 1.54) is 22.0 Å². The fourth-order valence-corrected chi connectivity index (χ4v) is 4.16. The molecule has 1 aliphatic rings. The molecule has 1 amide bonds. The maximum atomic E-state index is 12.3. The largest absolute Gasteiger partial charge is 0.503 e. The van der Waals surface area contributed by atoms with Gasteiger partial charge in [0, 0.05) is 24.1 Å². The van der Waals surface area contributed by atoms with Gasteiger partial charge in [0.2, 0.25) is 0 Å². The van der Waals surface area contributed by atoms with E-state index in [0.29, 0.717) is 28.0 Å². The van der Waals surface area contributed by atoms with Crippen LogP contribution in [-0.4, -0.2) is 40.5 Å². The van der Waals surface area contributed by atoms with E-state index in [4.69, 9.17) is 11.6 Å². The van der Waals surface area contributed by atoms with Crippen molar-refractivity contribution in [1.29, 1.82) is 0 Å².